The second-order valence-corrected chi connectivity index (χ2v) is 8.03. The van der Waals surface area contributed by atoms with Crippen LogP contribution in [-0.4, -0.2) is 48.8 Å². The van der Waals surface area contributed by atoms with Crippen LogP contribution in [0.4, 0.5) is 0 Å². The van der Waals surface area contributed by atoms with E-state index < -0.39 is 33.9 Å². The Morgan fingerprint density at radius 3 is 2.25 bits per heavy atom. The van der Waals surface area contributed by atoms with Crippen molar-refractivity contribution in [2.24, 2.45) is 5.92 Å². The minimum atomic E-state index is -3.69. The molecule has 0 aliphatic heterocycles. The number of sulfonamides is 1. The van der Waals surface area contributed by atoms with E-state index >= 15 is 0 Å². The molecule has 0 fully saturated rings. The highest BCUT2D eigenvalue weighted by atomic mass is 32.2. The first kappa shape index (κ1) is 20.1. The molecule has 1 amide bonds. The number of benzene rings is 1. The fourth-order valence-corrected chi connectivity index (χ4v) is 3.28. The van der Waals surface area contributed by atoms with E-state index in [0.717, 1.165) is 0 Å². The number of hydrogen-bond acceptors (Lipinski definition) is 4. The Morgan fingerprint density at radius 1 is 1.17 bits per heavy atom. The van der Waals surface area contributed by atoms with Crippen molar-refractivity contribution in [1.29, 1.82) is 0 Å². The van der Waals surface area contributed by atoms with Crippen LogP contribution in [0.15, 0.2) is 29.2 Å². The molecule has 0 saturated heterocycles. The largest absolute Gasteiger partial charge is 0.481 e. The zero-order valence-electron chi connectivity index (χ0n) is 14.5. The summed E-state index contributed by atoms with van der Waals surface area (Å²) in [5.41, 5.74) is 0.165. The molecule has 2 unspecified atom stereocenters. The molecular formula is C16H24N2O5S. The van der Waals surface area contributed by atoms with Crippen LogP contribution in [0.3, 0.4) is 0 Å². The van der Waals surface area contributed by atoms with Gasteiger partial charge in [0.1, 0.15) is 0 Å². The van der Waals surface area contributed by atoms with Crippen LogP contribution in [0.2, 0.25) is 0 Å². The average Bonchev–Trinajstić information content (AvgIpc) is 2.52. The lowest BCUT2D eigenvalue weighted by molar-refractivity contribution is -0.141. The molecule has 0 aromatic heterocycles. The molecule has 134 valence electrons. The molecule has 0 bridgehead atoms. The van der Waals surface area contributed by atoms with Crippen molar-refractivity contribution in [3.8, 4) is 0 Å². The van der Waals surface area contributed by atoms with E-state index in [4.69, 9.17) is 5.11 Å². The molecule has 2 N–H and O–H groups in total. The Balaban J connectivity index is 3.05. The molecule has 8 heteroatoms. The van der Waals surface area contributed by atoms with Gasteiger partial charge in [-0.05, 0) is 45.9 Å². The quantitative estimate of drug-likeness (QED) is 0.771. The highest BCUT2D eigenvalue weighted by Gasteiger charge is 2.25. The van der Waals surface area contributed by atoms with Gasteiger partial charge in [-0.25, -0.2) is 8.42 Å². The van der Waals surface area contributed by atoms with Crippen molar-refractivity contribution in [2.45, 2.75) is 44.7 Å². The Labute approximate surface area is 142 Å². The van der Waals surface area contributed by atoms with Crippen molar-refractivity contribution >= 4 is 21.9 Å². The lowest BCUT2D eigenvalue weighted by Crippen LogP contribution is -2.40. The molecule has 0 saturated carbocycles. The summed E-state index contributed by atoms with van der Waals surface area (Å²) in [7, 11) is -2.22. The van der Waals surface area contributed by atoms with E-state index in [-0.39, 0.29) is 16.5 Å². The molecule has 2 atom stereocenters. The van der Waals surface area contributed by atoms with Crippen LogP contribution in [0, 0.1) is 5.92 Å². The lowest BCUT2D eigenvalue weighted by Gasteiger charge is -2.21. The number of hydrogen-bond donors (Lipinski definition) is 2. The lowest BCUT2D eigenvalue weighted by atomic mass is 10.0. The first-order chi connectivity index (χ1) is 11.0. The zero-order chi connectivity index (χ0) is 18.7. The Kier molecular flexibility index (Phi) is 6.50. The van der Waals surface area contributed by atoms with E-state index in [1.807, 2.05) is 0 Å². The third-order valence-electron chi connectivity index (χ3n) is 4.00. The van der Waals surface area contributed by atoms with Crippen molar-refractivity contribution in [1.82, 2.24) is 9.62 Å². The molecule has 0 aliphatic rings. The van der Waals surface area contributed by atoms with E-state index in [1.54, 1.807) is 20.8 Å². The second kappa shape index (κ2) is 7.76. The number of aliphatic carboxylic acids is 1. The maximum Gasteiger partial charge on any atom is 0.308 e. The second-order valence-electron chi connectivity index (χ2n) is 6.03. The molecular weight excluding hydrogens is 332 g/mol. The fourth-order valence-electron chi connectivity index (χ4n) is 1.87. The summed E-state index contributed by atoms with van der Waals surface area (Å²) in [5, 5.41) is 11.5. The van der Waals surface area contributed by atoms with E-state index in [9.17, 15) is 18.0 Å². The fraction of sp³-hybridized carbons (Fsp3) is 0.500. The first-order valence-corrected chi connectivity index (χ1v) is 9.04. The van der Waals surface area contributed by atoms with Crippen molar-refractivity contribution in [3.05, 3.63) is 29.8 Å². The number of nitrogens with zero attached hydrogens (tertiary/aromatic N) is 1. The van der Waals surface area contributed by atoms with Crippen LogP contribution < -0.4 is 5.32 Å². The van der Waals surface area contributed by atoms with Crippen LogP contribution in [0.25, 0.3) is 0 Å². The van der Waals surface area contributed by atoms with Crippen molar-refractivity contribution in [2.75, 3.05) is 7.05 Å². The third kappa shape index (κ3) is 4.55. The average molecular weight is 356 g/mol. The van der Waals surface area contributed by atoms with Gasteiger partial charge in [-0.15, -0.1) is 0 Å². The molecule has 1 rings (SSSR count). The normalized spacial score (nSPS) is 14.5. The van der Waals surface area contributed by atoms with E-state index in [0.29, 0.717) is 0 Å². The standard InChI is InChI=1S/C16H24N2O5S/c1-10(2)18(5)24(22,23)14-8-6-7-13(9-14)15(19)17-12(4)11(3)16(20)21/h6-12H,1-5H3,(H,17,19)(H,20,21). The SMILES string of the molecule is CC(NC(=O)c1cccc(S(=O)(=O)N(C)C(C)C)c1)C(C)C(=O)O. The number of carboxylic acids is 1. The minimum absolute atomic E-state index is 0.0188. The smallest absolute Gasteiger partial charge is 0.308 e. The summed E-state index contributed by atoms with van der Waals surface area (Å²) in [4.78, 5) is 23.2. The number of amides is 1. The van der Waals surface area contributed by atoms with Gasteiger partial charge in [0.05, 0.1) is 10.8 Å². The van der Waals surface area contributed by atoms with Crippen molar-refractivity contribution in [3.63, 3.8) is 0 Å². The summed E-state index contributed by atoms with van der Waals surface area (Å²) in [6, 6.07) is 4.89. The molecule has 1 aromatic rings. The maximum absolute atomic E-state index is 12.5. The van der Waals surface area contributed by atoms with Gasteiger partial charge in [-0.3, -0.25) is 9.59 Å². The van der Waals surface area contributed by atoms with Gasteiger partial charge in [0.2, 0.25) is 10.0 Å². The Morgan fingerprint density at radius 2 is 1.75 bits per heavy atom. The summed E-state index contributed by atoms with van der Waals surface area (Å²) in [5.74, 6) is -2.29. The molecule has 0 heterocycles. The van der Waals surface area contributed by atoms with Crippen LogP contribution >= 0.6 is 0 Å². The summed E-state index contributed by atoms with van der Waals surface area (Å²) >= 11 is 0. The van der Waals surface area contributed by atoms with E-state index in [1.165, 1.54) is 42.5 Å². The summed E-state index contributed by atoms with van der Waals surface area (Å²) in [6.07, 6.45) is 0. The molecule has 24 heavy (non-hydrogen) atoms. The summed E-state index contributed by atoms with van der Waals surface area (Å²) < 4.78 is 26.2. The third-order valence-corrected chi connectivity index (χ3v) is 6.03. The molecule has 0 radical (unpaired) electrons. The zero-order valence-corrected chi connectivity index (χ0v) is 15.3. The molecule has 0 spiro atoms. The Hall–Kier alpha value is -1.93. The minimum Gasteiger partial charge on any atom is -0.481 e. The maximum atomic E-state index is 12.5. The highest BCUT2D eigenvalue weighted by molar-refractivity contribution is 7.89. The van der Waals surface area contributed by atoms with Crippen molar-refractivity contribution < 1.29 is 23.1 Å². The number of carboxylic acid groups (broad SMARTS) is 1. The van der Waals surface area contributed by atoms with Crippen LogP contribution in [0.1, 0.15) is 38.1 Å². The van der Waals surface area contributed by atoms with E-state index in [2.05, 4.69) is 5.32 Å². The highest BCUT2D eigenvalue weighted by Crippen LogP contribution is 2.18. The predicted octanol–water partition coefficient (Wildman–Crippen LogP) is 1.55. The monoisotopic (exact) mass is 356 g/mol. The predicted molar refractivity (Wildman–Crippen MR) is 90.3 cm³/mol. The van der Waals surface area contributed by atoms with Gasteiger partial charge in [0.15, 0.2) is 0 Å². The van der Waals surface area contributed by atoms with Crippen LogP contribution in [-0.2, 0) is 14.8 Å². The Bertz CT molecular complexity index is 715. The number of carbonyl (C=O) groups is 2. The molecule has 1 aromatic carbocycles. The number of nitrogens with one attached hydrogen (secondary N) is 1. The van der Waals surface area contributed by atoms with Crippen LogP contribution in [0.5, 0.6) is 0 Å². The van der Waals surface area contributed by atoms with Gasteiger partial charge in [0.25, 0.3) is 5.91 Å². The van der Waals surface area contributed by atoms with Gasteiger partial charge in [-0.2, -0.15) is 4.31 Å². The van der Waals surface area contributed by atoms with Gasteiger partial charge in [-0.1, -0.05) is 6.07 Å². The van der Waals surface area contributed by atoms with Gasteiger partial charge < -0.3 is 10.4 Å². The van der Waals surface area contributed by atoms with Gasteiger partial charge in [0, 0.05) is 24.7 Å². The molecule has 0 aliphatic carbocycles. The topological polar surface area (TPSA) is 104 Å². The number of carbonyl (C=O) groups excluding carboxylic acids is 1. The number of rotatable bonds is 7. The van der Waals surface area contributed by atoms with Gasteiger partial charge >= 0.3 is 5.97 Å². The first-order valence-electron chi connectivity index (χ1n) is 7.60. The summed E-state index contributed by atoms with van der Waals surface area (Å²) in [6.45, 7) is 6.59. The molecule has 7 nitrogen and oxygen atoms in total.